The third-order valence-corrected chi connectivity index (χ3v) is 3.37. The Hall–Kier alpha value is -2.82. The molecule has 0 bridgehead atoms. The molecular formula is C17H15FN4. The zero-order chi connectivity index (χ0) is 15.7. The van der Waals surface area contributed by atoms with Crippen LogP contribution in [-0.4, -0.2) is 19.5 Å². The molecule has 4 nitrogen and oxygen atoms in total. The Labute approximate surface area is 127 Å². The van der Waals surface area contributed by atoms with Gasteiger partial charge in [-0.2, -0.15) is 0 Å². The van der Waals surface area contributed by atoms with Gasteiger partial charge in [0, 0.05) is 5.70 Å². The molecule has 5 heteroatoms. The minimum absolute atomic E-state index is 0.365. The van der Waals surface area contributed by atoms with Crippen LogP contribution in [0.2, 0.25) is 0 Å². The van der Waals surface area contributed by atoms with Gasteiger partial charge in [-0.15, -0.1) is 0 Å². The number of fused-ring (bicyclic) bond motifs is 1. The van der Waals surface area contributed by atoms with Crippen molar-refractivity contribution in [3.63, 3.8) is 0 Å². The number of hydrogen-bond acceptors (Lipinski definition) is 3. The van der Waals surface area contributed by atoms with E-state index < -0.39 is 0 Å². The maximum absolute atomic E-state index is 13.0. The number of pyridine rings is 2. The number of rotatable bonds is 3. The summed E-state index contributed by atoms with van der Waals surface area (Å²) in [5, 5.41) is 0. The third-order valence-electron chi connectivity index (χ3n) is 3.37. The summed E-state index contributed by atoms with van der Waals surface area (Å²) in [6.45, 7) is 7.62. The maximum atomic E-state index is 13.0. The van der Waals surface area contributed by atoms with Crippen LogP contribution in [0.1, 0.15) is 12.7 Å². The fourth-order valence-corrected chi connectivity index (χ4v) is 2.41. The molecule has 0 unspecified atom stereocenters. The number of aromatic nitrogens is 4. The molecule has 3 aromatic rings. The Balaban J connectivity index is 2.20. The molecule has 0 aromatic carbocycles. The van der Waals surface area contributed by atoms with E-state index in [-0.39, 0.29) is 5.82 Å². The molecule has 0 fully saturated rings. The largest absolute Gasteiger partial charge is 0.285 e. The van der Waals surface area contributed by atoms with Crippen molar-refractivity contribution in [3.8, 4) is 11.4 Å². The van der Waals surface area contributed by atoms with Crippen LogP contribution in [0, 0.1) is 12.7 Å². The van der Waals surface area contributed by atoms with Crippen molar-refractivity contribution in [2.45, 2.75) is 13.8 Å². The van der Waals surface area contributed by atoms with Gasteiger partial charge < -0.3 is 0 Å². The molecule has 3 rings (SSSR count). The van der Waals surface area contributed by atoms with Crippen LogP contribution in [0.5, 0.6) is 0 Å². The number of imidazole rings is 1. The van der Waals surface area contributed by atoms with Crippen molar-refractivity contribution >= 4 is 16.9 Å². The van der Waals surface area contributed by atoms with Gasteiger partial charge in [0.1, 0.15) is 17.2 Å². The maximum Gasteiger partial charge on any atom is 0.165 e. The molecule has 0 aliphatic carbocycles. The van der Waals surface area contributed by atoms with Gasteiger partial charge in [-0.25, -0.2) is 14.4 Å². The Morgan fingerprint density at radius 3 is 2.64 bits per heavy atom. The summed E-state index contributed by atoms with van der Waals surface area (Å²) in [6.07, 6.45) is 4.82. The molecule has 3 heterocycles. The van der Waals surface area contributed by atoms with Crippen LogP contribution in [0.4, 0.5) is 4.39 Å². The van der Waals surface area contributed by atoms with Gasteiger partial charge in [0.15, 0.2) is 5.65 Å². The van der Waals surface area contributed by atoms with Gasteiger partial charge in [-0.3, -0.25) is 9.55 Å². The Kier molecular flexibility index (Phi) is 3.55. The summed E-state index contributed by atoms with van der Waals surface area (Å²) in [5.74, 6) is 0.484. The predicted molar refractivity (Wildman–Crippen MR) is 85.6 cm³/mol. The first-order valence-electron chi connectivity index (χ1n) is 6.88. The van der Waals surface area contributed by atoms with E-state index in [1.165, 1.54) is 12.3 Å². The van der Waals surface area contributed by atoms with E-state index in [1.807, 2.05) is 36.6 Å². The van der Waals surface area contributed by atoms with E-state index in [0.29, 0.717) is 11.4 Å². The smallest absolute Gasteiger partial charge is 0.165 e. The van der Waals surface area contributed by atoms with Crippen LogP contribution >= 0.6 is 0 Å². The van der Waals surface area contributed by atoms with Crippen LogP contribution in [-0.2, 0) is 0 Å². The molecule has 0 atom stereocenters. The molecule has 0 aliphatic rings. The summed E-state index contributed by atoms with van der Waals surface area (Å²) in [7, 11) is 0. The fourth-order valence-electron chi connectivity index (χ4n) is 2.41. The van der Waals surface area contributed by atoms with Crippen molar-refractivity contribution in [2.24, 2.45) is 0 Å². The van der Waals surface area contributed by atoms with E-state index in [2.05, 4.69) is 21.5 Å². The first-order chi connectivity index (χ1) is 10.6. The molecule has 0 radical (unpaired) electrons. The highest BCUT2D eigenvalue weighted by molar-refractivity contribution is 5.79. The number of allylic oxidation sites excluding steroid dienone is 3. The highest BCUT2D eigenvalue weighted by Crippen LogP contribution is 2.22. The standard InChI is InChI=1S/C17H15FN4/c1-4-5-11(2)22-12(3)20-16-9-8-15(21-17(16)22)14-7-6-13(18)10-19-14/h4-10H,1H2,2-3H3/b11-5+. The molecule has 22 heavy (non-hydrogen) atoms. The second kappa shape index (κ2) is 5.52. The fraction of sp³-hybridized carbons (Fsp3) is 0.118. The summed E-state index contributed by atoms with van der Waals surface area (Å²) >= 11 is 0. The highest BCUT2D eigenvalue weighted by Gasteiger charge is 2.12. The number of hydrogen-bond donors (Lipinski definition) is 0. The van der Waals surface area contributed by atoms with Gasteiger partial charge in [-0.1, -0.05) is 12.7 Å². The van der Waals surface area contributed by atoms with Crippen LogP contribution in [0.15, 0.2) is 49.2 Å². The Bertz CT molecular complexity index is 876. The zero-order valence-electron chi connectivity index (χ0n) is 12.4. The lowest BCUT2D eigenvalue weighted by Gasteiger charge is -2.06. The van der Waals surface area contributed by atoms with Gasteiger partial charge in [0.25, 0.3) is 0 Å². The zero-order valence-corrected chi connectivity index (χ0v) is 12.4. The first-order valence-corrected chi connectivity index (χ1v) is 6.88. The summed E-state index contributed by atoms with van der Waals surface area (Å²) in [5.41, 5.74) is 3.84. The minimum atomic E-state index is -0.365. The van der Waals surface area contributed by atoms with E-state index in [0.717, 1.165) is 22.7 Å². The molecule has 3 aromatic heterocycles. The minimum Gasteiger partial charge on any atom is -0.285 e. The van der Waals surface area contributed by atoms with E-state index in [9.17, 15) is 4.39 Å². The molecule has 0 amide bonds. The van der Waals surface area contributed by atoms with Crippen LogP contribution < -0.4 is 0 Å². The monoisotopic (exact) mass is 294 g/mol. The number of halogens is 1. The van der Waals surface area contributed by atoms with Crippen molar-refractivity contribution in [2.75, 3.05) is 0 Å². The van der Waals surface area contributed by atoms with Crippen molar-refractivity contribution in [3.05, 3.63) is 60.8 Å². The summed E-state index contributed by atoms with van der Waals surface area (Å²) in [4.78, 5) is 13.2. The van der Waals surface area contributed by atoms with Gasteiger partial charge in [0.05, 0.1) is 17.6 Å². The highest BCUT2D eigenvalue weighted by atomic mass is 19.1. The molecule has 110 valence electrons. The predicted octanol–water partition coefficient (Wildman–Crippen LogP) is 3.99. The molecule has 0 saturated heterocycles. The molecule has 0 N–H and O–H groups in total. The van der Waals surface area contributed by atoms with Gasteiger partial charge >= 0.3 is 0 Å². The van der Waals surface area contributed by atoms with Crippen molar-refractivity contribution < 1.29 is 4.39 Å². The van der Waals surface area contributed by atoms with E-state index >= 15 is 0 Å². The van der Waals surface area contributed by atoms with Crippen LogP contribution in [0.3, 0.4) is 0 Å². The molecule has 0 spiro atoms. The van der Waals surface area contributed by atoms with E-state index in [1.54, 1.807) is 12.1 Å². The lowest BCUT2D eigenvalue weighted by molar-refractivity contribution is 0.622. The van der Waals surface area contributed by atoms with Crippen molar-refractivity contribution in [1.29, 1.82) is 0 Å². The van der Waals surface area contributed by atoms with Crippen LogP contribution in [0.25, 0.3) is 28.2 Å². The number of nitrogens with zero attached hydrogens (tertiary/aromatic N) is 4. The molecular weight excluding hydrogens is 279 g/mol. The van der Waals surface area contributed by atoms with Crippen molar-refractivity contribution in [1.82, 2.24) is 19.5 Å². The normalized spacial score (nSPS) is 11.9. The lowest BCUT2D eigenvalue weighted by Crippen LogP contribution is -1.98. The molecule has 0 aliphatic heterocycles. The Morgan fingerprint density at radius 2 is 1.95 bits per heavy atom. The summed E-state index contributed by atoms with van der Waals surface area (Å²) < 4.78 is 15.0. The second-order valence-electron chi connectivity index (χ2n) is 4.94. The quantitative estimate of drug-likeness (QED) is 0.686. The second-order valence-corrected chi connectivity index (χ2v) is 4.94. The lowest BCUT2D eigenvalue weighted by atomic mass is 10.2. The summed E-state index contributed by atoms with van der Waals surface area (Å²) in [6, 6.07) is 6.72. The molecule has 0 saturated carbocycles. The topological polar surface area (TPSA) is 43.6 Å². The third kappa shape index (κ3) is 2.41. The first kappa shape index (κ1) is 14.1. The SMILES string of the molecule is C=C/C=C(\C)n1c(C)nc2ccc(-c3ccc(F)cn3)nc21. The van der Waals surface area contributed by atoms with Gasteiger partial charge in [0.2, 0.25) is 0 Å². The van der Waals surface area contributed by atoms with Gasteiger partial charge in [-0.05, 0) is 44.2 Å². The Morgan fingerprint density at radius 1 is 1.18 bits per heavy atom. The average Bonchev–Trinajstić information content (AvgIpc) is 2.83. The number of aryl methyl sites for hydroxylation is 1. The van der Waals surface area contributed by atoms with E-state index in [4.69, 9.17) is 0 Å². The average molecular weight is 294 g/mol.